The fourth-order valence-electron chi connectivity index (χ4n) is 3.02. The number of amides is 1. The first-order valence-electron chi connectivity index (χ1n) is 9.02. The number of hydrogen-bond donors (Lipinski definition) is 0. The average molecular weight is 385 g/mol. The monoisotopic (exact) mass is 384 g/mol. The molecular weight excluding hydrogens is 360 g/mol. The molecule has 0 aliphatic rings. The van der Waals surface area contributed by atoms with E-state index in [9.17, 15) is 9.00 Å². The Bertz CT molecular complexity index is 899. The van der Waals surface area contributed by atoms with E-state index in [-0.39, 0.29) is 17.4 Å². The highest BCUT2D eigenvalue weighted by Gasteiger charge is 2.19. The number of para-hydroxylation sites is 1. The Balaban J connectivity index is 1.87. The molecule has 0 saturated carbocycles. The van der Waals surface area contributed by atoms with E-state index >= 15 is 0 Å². The minimum atomic E-state index is -1.30. The van der Waals surface area contributed by atoms with Crippen molar-refractivity contribution in [2.75, 3.05) is 18.8 Å². The van der Waals surface area contributed by atoms with Gasteiger partial charge in [0, 0.05) is 41.8 Å². The summed E-state index contributed by atoms with van der Waals surface area (Å²) in [5, 5.41) is 4.51. The number of rotatable bonds is 8. The van der Waals surface area contributed by atoms with Crippen LogP contribution in [0.25, 0.3) is 11.5 Å². The van der Waals surface area contributed by atoms with E-state index in [1.807, 2.05) is 78.0 Å². The zero-order chi connectivity index (χ0) is 19.2. The summed E-state index contributed by atoms with van der Waals surface area (Å²) in [5.74, 6) is 1.09. The van der Waals surface area contributed by atoms with E-state index in [0.717, 1.165) is 17.1 Å². The molecule has 2 heterocycles. The lowest BCUT2D eigenvalue weighted by atomic mass is 10.3. The molecule has 1 atom stereocenters. The molecule has 0 saturated heterocycles. The largest absolute Gasteiger partial charge is 0.342 e. The van der Waals surface area contributed by atoms with Crippen molar-refractivity contribution in [3.05, 3.63) is 66.6 Å². The van der Waals surface area contributed by atoms with Gasteiger partial charge in [0.25, 0.3) is 0 Å². The Morgan fingerprint density at radius 1 is 1.07 bits per heavy atom. The number of carbonyl (C=O) groups excluding carboxylic acids is 1. The van der Waals surface area contributed by atoms with Crippen molar-refractivity contribution in [2.24, 2.45) is 0 Å². The van der Waals surface area contributed by atoms with E-state index in [4.69, 9.17) is 0 Å². The zero-order valence-corrected chi connectivity index (χ0v) is 16.4. The second-order valence-electron chi connectivity index (χ2n) is 6.13. The first-order chi connectivity index (χ1) is 13.1. The van der Waals surface area contributed by atoms with E-state index in [1.165, 1.54) is 0 Å². The molecule has 1 aromatic carbocycles. The third-order valence-electron chi connectivity index (χ3n) is 4.38. The molecule has 0 N–H and O–H groups in total. The summed E-state index contributed by atoms with van der Waals surface area (Å²) >= 11 is 0. The number of carbonyl (C=O) groups is 1. The van der Waals surface area contributed by atoms with Gasteiger partial charge in [0.1, 0.15) is 11.6 Å². The van der Waals surface area contributed by atoms with Crippen molar-refractivity contribution in [2.45, 2.75) is 19.6 Å². The fraction of sp³-hybridized carbons (Fsp3) is 0.300. The van der Waals surface area contributed by atoms with Gasteiger partial charge in [0.15, 0.2) is 0 Å². The molecule has 0 spiro atoms. The summed E-state index contributed by atoms with van der Waals surface area (Å²) in [4.78, 5) is 14.0. The van der Waals surface area contributed by atoms with Gasteiger partial charge < -0.3 is 9.47 Å². The van der Waals surface area contributed by atoms with Crippen molar-refractivity contribution in [3.63, 3.8) is 0 Å². The van der Waals surface area contributed by atoms with Gasteiger partial charge in [-0.05, 0) is 38.1 Å². The van der Waals surface area contributed by atoms with Crippen LogP contribution in [-0.4, -0.2) is 48.2 Å². The number of aromatic nitrogens is 3. The highest BCUT2D eigenvalue weighted by Crippen LogP contribution is 2.21. The van der Waals surface area contributed by atoms with Gasteiger partial charge in [-0.25, -0.2) is 4.68 Å². The molecule has 1 amide bonds. The first kappa shape index (κ1) is 19.1. The van der Waals surface area contributed by atoms with Crippen LogP contribution < -0.4 is 0 Å². The molecule has 3 rings (SSSR count). The predicted molar refractivity (Wildman–Crippen MR) is 108 cm³/mol. The number of hydrogen-bond acceptors (Lipinski definition) is 3. The average Bonchev–Trinajstić information content (AvgIpc) is 3.32. The van der Waals surface area contributed by atoms with Gasteiger partial charge >= 0.3 is 0 Å². The van der Waals surface area contributed by atoms with Crippen LogP contribution in [0.4, 0.5) is 0 Å². The SMILES string of the molecule is CCN(CC)C(=O)CS(=O)Cc1cnn(-c2ccccc2)c1-n1cccc1. The maximum Gasteiger partial charge on any atom is 0.235 e. The molecule has 0 bridgehead atoms. The van der Waals surface area contributed by atoms with Crippen LogP contribution in [0.5, 0.6) is 0 Å². The standard InChI is InChI=1S/C20H24N4O2S/c1-3-22(4-2)19(25)16-27(26)15-17-14-21-24(18-10-6-5-7-11-18)20(17)23-12-8-9-13-23/h5-14H,3-4,15-16H2,1-2H3. The minimum absolute atomic E-state index is 0.0311. The van der Waals surface area contributed by atoms with Gasteiger partial charge in [0.2, 0.25) is 5.91 Å². The predicted octanol–water partition coefficient (Wildman–Crippen LogP) is 2.78. The molecule has 27 heavy (non-hydrogen) atoms. The molecule has 1 unspecified atom stereocenters. The summed E-state index contributed by atoms with van der Waals surface area (Å²) in [5.41, 5.74) is 1.78. The molecular formula is C20H24N4O2S. The Morgan fingerprint density at radius 3 is 2.37 bits per heavy atom. The maximum atomic E-state index is 12.6. The van der Waals surface area contributed by atoms with Gasteiger partial charge in [0.05, 0.1) is 17.6 Å². The fourth-order valence-corrected chi connectivity index (χ4v) is 4.13. The van der Waals surface area contributed by atoms with E-state index in [2.05, 4.69) is 5.10 Å². The highest BCUT2D eigenvalue weighted by atomic mass is 32.2. The van der Waals surface area contributed by atoms with Crippen LogP contribution in [0.2, 0.25) is 0 Å². The van der Waals surface area contributed by atoms with E-state index < -0.39 is 10.8 Å². The summed E-state index contributed by atoms with van der Waals surface area (Å²) in [7, 11) is -1.30. The smallest absolute Gasteiger partial charge is 0.235 e. The van der Waals surface area contributed by atoms with Gasteiger partial charge in [-0.1, -0.05) is 18.2 Å². The topological polar surface area (TPSA) is 60.1 Å². The zero-order valence-electron chi connectivity index (χ0n) is 15.6. The Morgan fingerprint density at radius 2 is 1.74 bits per heavy atom. The second kappa shape index (κ2) is 8.81. The van der Waals surface area contributed by atoms with Crippen LogP contribution in [0.3, 0.4) is 0 Å². The van der Waals surface area contributed by atoms with Crippen LogP contribution in [0.15, 0.2) is 61.1 Å². The minimum Gasteiger partial charge on any atom is -0.342 e. The lowest BCUT2D eigenvalue weighted by Crippen LogP contribution is -2.34. The Hall–Kier alpha value is -2.67. The van der Waals surface area contributed by atoms with Crippen LogP contribution in [0.1, 0.15) is 19.4 Å². The first-order valence-corrected chi connectivity index (χ1v) is 10.5. The molecule has 0 radical (unpaired) electrons. The summed E-state index contributed by atoms with van der Waals surface area (Å²) in [6.07, 6.45) is 5.61. The second-order valence-corrected chi connectivity index (χ2v) is 7.58. The lowest BCUT2D eigenvalue weighted by molar-refractivity contribution is -0.128. The maximum absolute atomic E-state index is 12.6. The van der Waals surface area contributed by atoms with E-state index in [1.54, 1.807) is 11.1 Å². The molecule has 6 nitrogen and oxygen atoms in total. The van der Waals surface area contributed by atoms with Gasteiger partial charge in [-0.3, -0.25) is 9.00 Å². The lowest BCUT2D eigenvalue weighted by Gasteiger charge is -2.18. The third kappa shape index (κ3) is 4.36. The van der Waals surface area contributed by atoms with Crippen LogP contribution in [0, 0.1) is 0 Å². The van der Waals surface area contributed by atoms with Crippen molar-refractivity contribution < 1.29 is 9.00 Å². The molecule has 0 aliphatic heterocycles. The van der Waals surface area contributed by atoms with Crippen molar-refractivity contribution in [3.8, 4) is 11.5 Å². The highest BCUT2D eigenvalue weighted by molar-refractivity contribution is 7.84. The molecule has 2 aromatic heterocycles. The van der Waals surface area contributed by atoms with Crippen molar-refractivity contribution >= 4 is 16.7 Å². The van der Waals surface area contributed by atoms with Crippen LogP contribution in [-0.2, 0) is 21.3 Å². The van der Waals surface area contributed by atoms with Crippen molar-refractivity contribution in [1.82, 2.24) is 19.2 Å². The number of nitrogens with zero attached hydrogens (tertiary/aromatic N) is 4. The van der Waals surface area contributed by atoms with Crippen molar-refractivity contribution in [1.29, 1.82) is 0 Å². The summed E-state index contributed by atoms with van der Waals surface area (Å²) in [6, 6.07) is 13.7. The Kier molecular flexibility index (Phi) is 6.24. The molecule has 0 aliphatic carbocycles. The van der Waals surface area contributed by atoms with E-state index in [0.29, 0.717) is 13.1 Å². The molecule has 142 valence electrons. The van der Waals surface area contributed by atoms with Gasteiger partial charge in [-0.15, -0.1) is 0 Å². The third-order valence-corrected chi connectivity index (χ3v) is 5.59. The molecule has 0 fully saturated rings. The normalized spacial score (nSPS) is 12.1. The quantitative estimate of drug-likeness (QED) is 0.600. The molecule has 3 aromatic rings. The summed E-state index contributed by atoms with van der Waals surface area (Å²) < 4.78 is 16.4. The molecule has 7 heteroatoms. The van der Waals surface area contributed by atoms with Gasteiger partial charge in [-0.2, -0.15) is 5.10 Å². The number of benzene rings is 1. The van der Waals surface area contributed by atoms with Crippen LogP contribution >= 0.6 is 0 Å². The summed E-state index contributed by atoms with van der Waals surface area (Å²) in [6.45, 7) is 5.12. The Labute approximate surface area is 161 Å².